The number of hydrogen-bond acceptors (Lipinski definition) is 2. The average molecular weight is 293 g/mol. The molecule has 2 fully saturated rings. The lowest BCUT2D eigenvalue weighted by molar-refractivity contribution is 0.331. The molecular formula is C16H23NO2S. The second-order valence-electron chi connectivity index (χ2n) is 6.28. The third-order valence-electron chi connectivity index (χ3n) is 4.62. The fourth-order valence-electron chi connectivity index (χ4n) is 3.30. The molecule has 0 N–H and O–H groups in total. The van der Waals surface area contributed by atoms with Crippen molar-refractivity contribution in [1.29, 1.82) is 0 Å². The van der Waals surface area contributed by atoms with Gasteiger partial charge < -0.3 is 0 Å². The monoisotopic (exact) mass is 293 g/mol. The fraction of sp³-hybridized carbons (Fsp3) is 0.625. The molecule has 1 heterocycles. The molecule has 0 radical (unpaired) electrons. The number of aryl methyl sites for hydroxylation is 1. The standard InChI is InChI=1S/C16H23NO2S/c1-13-7-9-16(10-8-13)20(18,19)17-12-15(17)11-14-5-3-2-4-6-14/h7-10,14-15H,2-6,11-12H2,1H3. The van der Waals surface area contributed by atoms with Crippen LogP contribution in [0.3, 0.4) is 0 Å². The lowest BCUT2D eigenvalue weighted by Gasteiger charge is -2.21. The summed E-state index contributed by atoms with van der Waals surface area (Å²) in [5, 5.41) is 0. The zero-order chi connectivity index (χ0) is 14.2. The van der Waals surface area contributed by atoms with Crippen LogP contribution in [-0.2, 0) is 10.0 Å². The molecule has 2 unspecified atom stereocenters. The maximum Gasteiger partial charge on any atom is 0.243 e. The molecule has 1 aromatic rings. The van der Waals surface area contributed by atoms with Crippen molar-refractivity contribution in [3.63, 3.8) is 0 Å². The van der Waals surface area contributed by atoms with E-state index in [-0.39, 0.29) is 6.04 Å². The van der Waals surface area contributed by atoms with Crippen LogP contribution in [0.2, 0.25) is 0 Å². The van der Waals surface area contributed by atoms with Gasteiger partial charge in [0.1, 0.15) is 0 Å². The van der Waals surface area contributed by atoms with E-state index in [1.54, 1.807) is 16.4 Å². The van der Waals surface area contributed by atoms with Crippen molar-refractivity contribution in [2.75, 3.05) is 6.54 Å². The van der Waals surface area contributed by atoms with Crippen LogP contribution < -0.4 is 0 Å². The van der Waals surface area contributed by atoms with E-state index >= 15 is 0 Å². The first kappa shape index (κ1) is 14.1. The van der Waals surface area contributed by atoms with E-state index in [1.807, 2.05) is 19.1 Å². The Balaban J connectivity index is 1.64. The van der Waals surface area contributed by atoms with Crippen LogP contribution in [-0.4, -0.2) is 25.3 Å². The second-order valence-corrected chi connectivity index (χ2v) is 8.17. The second kappa shape index (κ2) is 5.49. The van der Waals surface area contributed by atoms with E-state index in [0.29, 0.717) is 11.4 Å². The van der Waals surface area contributed by atoms with E-state index in [9.17, 15) is 8.42 Å². The van der Waals surface area contributed by atoms with E-state index in [0.717, 1.165) is 17.9 Å². The summed E-state index contributed by atoms with van der Waals surface area (Å²) >= 11 is 0. The van der Waals surface area contributed by atoms with Gasteiger partial charge in [-0.3, -0.25) is 0 Å². The summed E-state index contributed by atoms with van der Waals surface area (Å²) in [4.78, 5) is 0.439. The molecule has 1 aliphatic carbocycles. The molecule has 0 aromatic heterocycles. The Bertz CT molecular complexity index is 559. The zero-order valence-electron chi connectivity index (χ0n) is 12.1. The maximum atomic E-state index is 12.5. The summed E-state index contributed by atoms with van der Waals surface area (Å²) in [6.45, 7) is 2.69. The number of sulfonamides is 1. The van der Waals surface area contributed by atoms with Gasteiger partial charge in [0.05, 0.1) is 4.90 Å². The van der Waals surface area contributed by atoms with Gasteiger partial charge in [-0.05, 0) is 31.4 Å². The summed E-state index contributed by atoms with van der Waals surface area (Å²) in [5.41, 5.74) is 1.09. The summed E-state index contributed by atoms with van der Waals surface area (Å²) in [6, 6.07) is 7.43. The minimum atomic E-state index is -3.25. The van der Waals surface area contributed by atoms with Crippen molar-refractivity contribution in [3.05, 3.63) is 29.8 Å². The van der Waals surface area contributed by atoms with Gasteiger partial charge in [-0.2, -0.15) is 4.31 Å². The molecule has 0 amide bonds. The Morgan fingerprint density at radius 1 is 1.10 bits per heavy atom. The van der Waals surface area contributed by atoms with Crippen molar-refractivity contribution in [2.24, 2.45) is 5.92 Å². The highest BCUT2D eigenvalue weighted by molar-refractivity contribution is 7.89. The molecule has 3 nitrogen and oxygen atoms in total. The van der Waals surface area contributed by atoms with E-state index < -0.39 is 10.0 Å². The van der Waals surface area contributed by atoms with Gasteiger partial charge in [0, 0.05) is 12.6 Å². The Labute approximate surface area is 122 Å². The Hall–Kier alpha value is -0.870. The summed E-state index contributed by atoms with van der Waals surface area (Å²) in [7, 11) is -3.25. The molecule has 4 heteroatoms. The Morgan fingerprint density at radius 3 is 2.40 bits per heavy atom. The highest BCUT2D eigenvalue weighted by Crippen LogP contribution is 2.36. The third kappa shape index (κ3) is 2.91. The van der Waals surface area contributed by atoms with Crippen LogP contribution >= 0.6 is 0 Å². The topological polar surface area (TPSA) is 37.1 Å². The van der Waals surface area contributed by atoms with E-state index in [1.165, 1.54) is 32.1 Å². The predicted octanol–water partition coefficient (Wildman–Crippen LogP) is 3.34. The zero-order valence-corrected chi connectivity index (χ0v) is 12.9. The quantitative estimate of drug-likeness (QED) is 0.798. The Morgan fingerprint density at radius 2 is 1.75 bits per heavy atom. The van der Waals surface area contributed by atoms with Gasteiger partial charge in [0.2, 0.25) is 10.0 Å². The number of benzene rings is 1. The molecular weight excluding hydrogens is 270 g/mol. The molecule has 2 aliphatic rings. The predicted molar refractivity (Wildman–Crippen MR) is 80.1 cm³/mol. The molecule has 2 atom stereocenters. The van der Waals surface area contributed by atoms with Gasteiger partial charge >= 0.3 is 0 Å². The van der Waals surface area contributed by atoms with Crippen molar-refractivity contribution >= 4 is 10.0 Å². The SMILES string of the molecule is Cc1ccc(S(=O)(=O)N2CC2CC2CCCCC2)cc1. The van der Waals surface area contributed by atoms with Crippen LogP contribution in [0.15, 0.2) is 29.2 Å². The summed E-state index contributed by atoms with van der Waals surface area (Å²) in [6.07, 6.45) is 7.63. The smallest absolute Gasteiger partial charge is 0.207 e. The molecule has 20 heavy (non-hydrogen) atoms. The molecule has 1 saturated heterocycles. The van der Waals surface area contributed by atoms with Crippen LogP contribution in [0, 0.1) is 12.8 Å². The highest BCUT2D eigenvalue weighted by atomic mass is 32.2. The van der Waals surface area contributed by atoms with Crippen LogP contribution in [0.1, 0.15) is 44.1 Å². The van der Waals surface area contributed by atoms with E-state index in [4.69, 9.17) is 0 Å². The normalized spacial score (nSPS) is 27.4. The van der Waals surface area contributed by atoms with Crippen molar-refractivity contribution in [3.8, 4) is 0 Å². The van der Waals surface area contributed by atoms with Gasteiger partial charge in [-0.15, -0.1) is 0 Å². The first-order valence-electron chi connectivity index (χ1n) is 7.66. The molecule has 3 rings (SSSR count). The maximum absolute atomic E-state index is 12.5. The molecule has 1 aliphatic heterocycles. The average Bonchev–Trinajstić information content (AvgIpc) is 3.20. The molecule has 0 bridgehead atoms. The highest BCUT2D eigenvalue weighted by Gasteiger charge is 2.45. The van der Waals surface area contributed by atoms with Crippen molar-refractivity contribution in [2.45, 2.75) is 56.4 Å². The van der Waals surface area contributed by atoms with Gasteiger partial charge in [-0.25, -0.2) is 8.42 Å². The summed E-state index contributed by atoms with van der Waals surface area (Å²) in [5.74, 6) is 0.743. The lowest BCUT2D eigenvalue weighted by atomic mass is 9.86. The van der Waals surface area contributed by atoms with Crippen LogP contribution in [0.5, 0.6) is 0 Å². The van der Waals surface area contributed by atoms with Gasteiger partial charge in [0.25, 0.3) is 0 Å². The Kier molecular flexibility index (Phi) is 3.87. The van der Waals surface area contributed by atoms with Crippen molar-refractivity contribution < 1.29 is 8.42 Å². The van der Waals surface area contributed by atoms with Crippen LogP contribution in [0.4, 0.5) is 0 Å². The number of nitrogens with zero attached hydrogens (tertiary/aromatic N) is 1. The van der Waals surface area contributed by atoms with E-state index in [2.05, 4.69) is 0 Å². The van der Waals surface area contributed by atoms with Gasteiger partial charge in [0.15, 0.2) is 0 Å². The largest absolute Gasteiger partial charge is 0.243 e. The number of rotatable bonds is 4. The summed E-state index contributed by atoms with van der Waals surface area (Å²) < 4.78 is 26.6. The molecule has 1 saturated carbocycles. The first-order chi connectivity index (χ1) is 9.57. The molecule has 110 valence electrons. The fourth-order valence-corrected chi connectivity index (χ4v) is 4.90. The van der Waals surface area contributed by atoms with Crippen LogP contribution in [0.25, 0.3) is 0 Å². The molecule has 0 spiro atoms. The minimum absolute atomic E-state index is 0.254. The molecule has 1 aromatic carbocycles. The van der Waals surface area contributed by atoms with Gasteiger partial charge in [-0.1, -0.05) is 49.8 Å². The third-order valence-corrected chi connectivity index (χ3v) is 6.55. The minimum Gasteiger partial charge on any atom is -0.207 e. The first-order valence-corrected chi connectivity index (χ1v) is 9.10. The number of hydrogen-bond donors (Lipinski definition) is 0. The lowest BCUT2D eigenvalue weighted by Crippen LogP contribution is -2.17. The van der Waals surface area contributed by atoms with Crippen molar-refractivity contribution in [1.82, 2.24) is 4.31 Å².